The number of nitrogens with one attached hydrogen (secondary N) is 1. The van der Waals surface area contributed by atoms with E-state index in [-0.39, 0.29) is 33.8 Å². The zero-order valence-corrected chi connectivity index (χ0v) is 21.7. The van der Waals surface area contributed by atoms with Gasteiger partial charge >= 0.3 is 0 Å². The van der Waals surface area contributed by atoms with E-state index in [0.717, 1.165) is 16.9 Å². The molecule has 1 fully saturated rings. The monoisotopic (exact) mass is 518 g/mol. The van der Waals surface area contributed by atoms with Gasteiger partial charge in [-0.15, -0.1) is 11.3 Å². The molecule has 188 valence electrons. The predicted molar refractivity (Wildman–Crippen MR) is 134 cm³/mol. The van der Waals surface area contributed by atoms with Gasteiger partial charge in [0.2, 0.25) is 15.9 Å². The molecule has 1 saturated heterocycles. The third-order valence-corrected chi connectivity index (χ3v) is 9.54. The second-order valence-corrected chi connectivity index (χ2v) is 12.6. The maximum Gasteiger partial charge on any atom is 0.256 e. The van der Waals surface area contributed by atoms with E-state index >= 15 is 0 Å². The maximum atomic E-state index is 13.1. The first kappa shape index (κ1) is 25.3. The number of anilines is 1. The summed E-state index contributed by atoms with van der Waals surface area (Å²) in [6.45, 7) is 7.40. The second-order valence-electron chi connectivity index (χ2n) is 9.51. The number of nitrogens with two attached hydrogens (primary N) is 1. The van der Waals surface area contributed by atoms with Crippen molar-refractivity contribution < 1.29 is 22.8 Å². The molecule has 35 heavy (non-hydrogen) atoms. The van der Waals surface area contributed by atoms with Crippen molar-refractivity contribution in [3.8, 4) is 0 Å². The van der Waals surface area contributed by atoms with Gasteiger partial charge in [0.15, 0.2) is 0 Å². The average molecular weight is 519 g/mol. The van der Waals surface area contributed by atoms with Crippen LogP contribution in [0.1, 0.15) is 58.3 Å². The summed E-state index contributed by atoms with van der Waals surface area (Å²) < 4.78 is 27.7. The van der Waals surface area contributed by atoms with E-state index in [9.17, 15) is 22.8 Å². The van der Waals surface area contributed by atoms with Crippen molar-refractivity contribution in [2.24, 2.45) is 17.6 Å². The van der Waals surface area contributed by atoms with Crippen LogP contribution in [0.5, 0.6) is 0 Å². The molecular weight excluding hydrogens is 488 g/mol. The molecule has 9 nitrogen and oxygen atoms in total. The van der Waals surface area contributed by atoms with Crippen LogP contribution in [0.4, 0.5) is 5.00 Å². The van der Waals surface area contributed by atoms with Gasteiger partial charge in [-0.05, 0) is 54.5 Å². The number of fused-ring (bicyclic) bond motifs is 1. The number of hydrogen-bond donors (Lipinski definition) is 2. The molecule has 4 rings (SSSR count). The molecule has 0 radical (unpaired) electrons. The standard InChI is InChI=1S/C24H30N4O5S2/c1-14-10-15(2)12-28(11-14)35(32,33)18-6-4-17(5-7-18)23(31)26-24-21(22(25)30)19-8-9-27(16(3)29)13-20(19)34-24/h4-7,14-15H,8-13H2,1-3H3,(H2,25,30)(H,26,31). The molecule has 3 heterocycles. The van der Waals surface area contributed by atoms with E-state index in [2.05, 4.69) is 5.32 Å². The summed E-state index contributed by atoms with van der Waals surface area (Å²) in [5.41, 5.74) is 6.91. The highest BCUT2D eigenvalue weighted by molar-refractivity contribution is 7.89. The van der Waals surface area contributed by atoms with Crippen LogP contribution in [0.2, 0.25) is 0 Å². The normalized spacial score (nSPS) is 20.8. The van der Waals surface area contributed by atoms with E-state index in [1.165, 1.54) is 46.8 Å². The third kappa shape index (κ3) is 5.12. The molecular formula is C24H30N4O5S2. The lowest BCUT2D eigenvalue weighted by molar-refractivity contribution is -0.129. The number of benzene rings is 1. The Morgan fingerprint density at radius 2 is 1.71 bits per heavy atom. The Labute approximate surface area is 209 Å². The predicted octanol–water partition coefficient (Wildman–Crippen LogP) is 2.67. The Balaban J connectivity index is 1.53. The van der Waals surface area contributed by atoms with Crippen molar-refractivity contribution in [1.82, 2.24) is 9.21 Å². The van der Waals surface area contributed by atoms with Gasteiger partial charge in [-0.1, -0.05) is 13.8 Å². The molecule has 2 aromatic rings. The molecule has 1 aromatic heterocycles. The second kappa shape index (κ2) is 9.71. The largest absolute Gasteiger partial charge is 0.365 e. The van der Waals surface area contributed by atoms with Crippen LogP contribution in [0.15, 0.2) is 29.2 Å². The number of rotatable bonds is 5. The number of amides is 3. The molecule has 2 aliphatic heterocycles. The first-order chi connectivity index (χ1) is 16.5. The van der Waals surface area contributed by atoms with Crippen molar-refractivity contribution in [2.45, 2.75) is 45.1 Å². The van der Waals surface area contributed by atoms with Crippen LogP contribution >= 0.6 is 11.3 Å². The number of nitrogens with zero attached hydrogens (tertiary/aromatic N) is 2. The fourth-order valence-electron chi connectivity index (χ4n) is 4.93. The van der Waals surface area contributed by atoms with Crippen LogP contribution in [0, 0.1) is 11.8 Å². The van der Waals surface area contributed by atoms with Gasteiger partial charge in [-0.3, -0.25) is 14.4 Å². The number of carbonyl (C=O) groups is 3. The van der Waals surface area contributed by atoms with E-state index in [4.69, 9.17) is 5.73 Å². The van der Waals surface area contributed by atoms with Gasteiger partial charge in [0.1, 0.15) is 5.00 Å². The minimum absolute atomic E-state index is 0.0567. The highest BCUT2D eigenvalue weighted by atomic mass is 32.2. The summed E-state index contributed by atoms with van der Waals surface area (Å²) in [5, 5.41) is 3.10. The van der Waals surface area contributed by atoms with Gasteiger partial charge in [0.25, 0.3) is 11.8 Å². The van der Waals surface area contributed by atoms with Crippen LogP contribution < -0.4 is 11.1 Å². The Morgan fingerprint density at radius 3 is 2.29 bits per heavy atom. The Kier molecular flexibility index (Phi) is 7.03. The van der Waals surface area contributed by atoms with Crippen LogP contribution in [-0.4, -0.2) is 55.0 Å². The fraction of sp³-hybridized carbons (Fsp3) is 0.458. The lowest BCUT2D eigenvalue weighted by atomic mass is 9.94. The number of carbonyl (C=O) groups excluding carboxylic acids is 3. The summed E-state index contributed by atoms with van der Waals surface area (Å²) in [6, 6.07) is 5.81. The van der Waals surface area contributed by atoms with Crippen molar-refractivity contribution in [1.29, 1.82) is 0 Å². The van der Waals surface area contributed by atoms with Crippen LogP contribution in [0.25, 0.3) is 0 Å². The molecule has 2 unspecified atom stereocenters. The van der Waals surface area contributed by atoms with Crippen LogP contribution in [0.3, 0.4) is 0 Å². The number of piperidine rings is 1. The van der Waals surface area contributed by atoms with Gasteiger partial charge in [-0.25, -0.2) is 8.42 Å². The molecule has 0 aliphatic carbocycles. The molecule has 0 saturated carbocycles. The van der Waals surface area contributed by atoms with E-state index < -0.39 is 21.8 Å². The fourth-order valence-corrected chi connectivity index (χ4v) is 7.87. The van der Waals surface area contributed by atoms with Crippen molar-refractivity contribution in [3.63, 3.8) is 0 Å². The van der Waals surface area contributed by atoms with E-state index in [1.807, 2.05) is 13.8 Å². The average Bonchev–Trinajstić information content (AvgIpc) is 3.15. The minimum Gasteiger partial charge on any atom is -0.365 e. The molecule has 2 aliphatic rings. The SMILES string of the molecule is CC(=O)N1CCc2c(sc(NC(=O)c3ccc(S(=O)(=O)N4CC(C)CC(C)C4)cc3)c2C(N)=O)C1. The molecule has 1 aromatic carbocycles. The van der Waals surface area contributed by atoms with E-state index in [1.54, 1.807) is 4.90 Å². The first-order valence-corrected chi connectivity index (χ1v) is 13.8. The van der Waals surface area contributed by atoms with Crippen molar-refractivity contribution >= 4 is 44.1 Å². The zero-order chi connectivity index (χ0) is 25.5. The number of sulfonamides is 1. The lowest BCUT2D eigenvalue weighted by Crippen LogP contribution is -2.42. The summed E-state index contributed by atoms with van der Waals surface area (Å²) in [5.74, 6) is -0.590. The summed E-state index contributed by atoms with van der Waals surface area (Å²) in [6.07, 6.45) is 1.48. The summed E-state index contributed by atoms with van der Waals surface area (Å²) in [7, 11) is -3.65. The molecule has 0 spiro atoms. The topological polar surface area (TPSA) is 130 Å². The maximum absolute atomic E-state index is 13.1. The lowest BCUT2D eigenvalue weighted by Gasteiger charge is -2.34. The molecule has 11 heteroatoms. The number of hydrogen-bond acceptors (Lipinski definition) is 6. The number of primary amides is 1. The summed E-state index contributed by atoms with van der Waals surface area (Å²) >= 11 is 1.23. The Morgan fingerprint density at radius 1 is 1.09 bits per heavy atom. The zero-order valence-electron chi connectivity index (χ0n) is 20.0. The van der Waals surface area contributed by atoms with Gasteiger partial charge in [0, 0.05) is 37.0 Å². The summed E-state index contributed by atoms with van der Waals surface area (Å²) in [4.78, 5) is 39.5. The number of thiophene rings is 1. The molecule has 3 N–H and O–H groups in total. The first-order valence-electron chi connectivity index (χ1n) is 11.6. The Hall–Kier alpha value is -2.76. The highest BCUT2D eigenvalue weighted by Gasteiger charge is 2.32. The molecule has 0 bridgehead atoms. The van der Waals surface area contributed by atoms with Gasteiger partial charge in [-0.2, -0.15) is 4.31 Å². The molecule has 2 atom stereocenters. The highest BCUT2D eigenvalue weighted by Crippen LogP contribution is 2.37. The van der Waals surface area contributed by atoms with Crippen molar-refractivity contribution in [3.05, 3.63) is 45.8 Å². The van der Waals surface area contributed by atoms with Crippen molar-refractivity contribution in [2.75, 3.05) is 25.0 Å². The minimum atomic E-state index is -3.65. The third-order valence-electron chi connectivity index (χ3n) is 6.57. The Bertz CT molecular complexity index is 1260. The molecule has 3 amide bonds. The van der Waals surface area contributed by atoms with Crippen LogP contribution in [-0.2, 0) is 27.8 Å². The van der Waals surface area contributed by atoms with Gasteiger partial charge < -0.3 is 16.0 Å². The smallest absolute Gasteiger partial charge is 0.256 e. The van der Waals surface area contributed by atoms with Gasteiger partial charge in [0.05, 0.1) is 17.0 Å². The quantitative estimate of drug-likeness (QED) is 0.629. The van der Waals surface area contributed by atoms with E-state index in [0.29, 0.717) is 37.6 Å².